The van der Waals surface area contributed by atoms with Crippen LogP contribution in [0.5, 0.6) is 0 Å². The van der Waals surface area contributed by atoms with Crippen molar-refractivity contribution in [2.75, 3.05) is 75.1 Å². The van der Waals surface area contributed by atoms with Gasteiger partial charge in [0.25, 0.3) is 5.91 Å². The summed E-state index contributed by atoms with van der Waals surface area (Å²) in [6.45, 7) is 6.86. The van der Waals surface area contributed by atoms with E-state index in [1.807, 2.05) is 36.4 Å². The van der Waals surface area contributed by atoms with Crippen molar-refractivity contribution >= 4 is 29.0 Å². The zero-order valence-corrected chi connectivity index (χ0v) is 23.9. The summed E-state index contributed by atoms with van der Waals surface area (Å²) in [5.74, 6) is -0.269. The molecule has 10 heteroatoms. The lowest BCUT2D eigenvalue weighted by Crippen LogP contribution is -2.51. The normalized spacial score (nSPS) is 17.3. The van der Waals surface area contributed by atoms with Crippen molar-refractivity contribution in [3.05, 3.63) is 89.5 Å². The number of hydrogen-bond donors (Lipinski definition) is 4. The van der Waals surface area contributed by atoms with Crippen molar-refractivity contribution in [1.29, 1.82) is 0 Å². The first-order valence-electron chi connectivity index (χ1n) is 14.5. The predicted octanol–water partition coefficient (Wildman–Crippen LogP) is 3.38. The third-order valence-corrected chi connectivity index (χ3v) is 8.03. The first kappa shape index (κ1) is 29.4. The Kier molecular flexibility index (Phi) is 9.58. The Morgan fingerprint density at radius 3 is 2.17 bits per heavy atom. The molecule has 3 aromatic carbocycles. The lowest BCUT2D eigenvalue weighted by molar-refractivity contribution is 0.0365. The van der Waals surface area contributed by atoms with Crippen LogP contribution in [0.2, 0.25) is 0 Å². The van der Waals surface area contributed by atoms with E-state index in [2.05, 4.69) is 32.6 Å². The minimum Gasteiger partial charge on any atom is -0.397 e. The Hall–Kier alpha value is -4.12. The van der Waals surface area contributed by atoms with Gasteiger partial charge in [0.05, 0.1) is 43.3 Å². The van der Waals surface area contributed by atoms with Crippen LogP contribution >= 0.6 is 0 Å². The highest BCUT2D eigenvalue weighted by atomic mass is 16.5. The van der Waals surface area contributed by atoms with Gasteiger partial charge in [0, 0.05) is 43.0 Å². The van der Waals surface area contributed by atoms with Crippen molar-refractivity contribution in [1.82, 2.24) is 10.2 Å². The fraction of sp³-hybridized carbons (Fsp3) is 0.375. The molecule has 1 atom stereocenters. The second-order valence-corrected chi connectivity index (χ2v) is 10.7. The van der Waals surface area contributed by atoms with Crippen LogP contribution in [0.3, 0.4) is 0 Å². The number of nitrogens with two attached hydrogens (primary N) is 2. The number of hydrogen-bond acceptors (Lipinski definition) is 7. The summed E-state index contributed by atoms with van der Waals surface area (Å²) < 4.78 is 11.1. The zero-order chi connectivity index (χ0) is 29.4. The van der Waals surface area contributed by atoms with E-state index in [1.165, 1.54) is 0 Å². The van der Waals surface area contributed by atoms with Crippen molar-refractivity contribution in [3.63, 3.8) is 0 Å². The fourth-order valence-corrected chi connectivity index (χ4v) is 5.87. The van der Waals surface area contributed by atoms with Gasteiger partial charge in [0.15, 0.2) is 0 Å². The van der Waals surface area contributed by atoms with E-state index in [1.54, 1.807) is 24.3 Å². The van der Waals surface area contributed by atoms with Gasteiger partial charge < -0.3 is 36.5 Å². The molecular formula is C32H40N6O4. The van der Waals surface area contributed by atoms with Crippen LogP contribution in [0.4, 0.5) is 21.9 Å². The van der Waals surface area contributed by atoms with Crippen LogP contribution < -0.4 is 27.0 Å². The Bertz CT molecular complexity index is 1360. The second-order valence-electron chi connectivity index (χ2n) is 10.7. The van der Waals surface area contributed by atoms with Gasteiger partial charge in [-0.15, -0.1) is 0 Å². The molecule has 3 aromatic rings. The monoisotopic (exact) mass is 572 g/mol. The van der Waals surface area contributed by atoms with Gasteiger partial charge in [0.2, 0.25) is 0 Å². The van der Waals surface area contributed by atoms with Gasteiger partial charge in [-0.25, -0.2) is 4.79 Å². The van der Waals surface area contributed by atoms with E-state index in [4.69, 9.17) is 20.9 Å². The number of ether oxygens (including phenoxy) is 2. The van der Waals surface area contributed by atoms with Crippen molar-refractivity contribution in [3.8, 4) is 0 Å². The molecule has 5 rings (SSSR count). The highest BCUT2D eigenvalue weighted by molar-refractivity contribution is 6.05. The van der Waals surface area contributed by atoms with Gasteiger partial charge in [-0.05, 0) is 55.3 Å². The number of carbonyl (C=O) groups is 2. The molecule has 0 aromatic heterocycles. The number of carbonyl (C=O) groups excluding carboxylic acids is 2. The van der Waals surface area contributed by atoms with E-state index in [-0.39, 0.29) is 5.91 Å². The van der Waals surface area contributed by atoms with E-state index in [0.717, 1.165) is 69.2 Å². The third-order valence-electron chi connectivity index (χ3n) is 8.03. The zero-order valence-electron chi connectivity index (χ0n) is 23.9. The van der Waals surface area contributed by atoms with Gasteiger partial charge in [-0.3, -0.25) is 9.69 Å². The van der Waals surface area contributed by atoms with Gasteiger partial charge >= 0.3 is 6.03 Å². The van der Waals surface area contributed by atoms with Crippen LogP contribution in [0, 0.1) is 0 Å². The number of amides is 3. The Morgan fingerprint density at radius 1 is 0.833 bits per heavy atom. The number of urea groups is 1. The maximum absolute atomic E-state index is 13.1. The molecule has 0 radical (unpaired) electrons. The molecule has 2 aliphatic heterocycles. The average Bonchev–Trinajstić information content (AvgIpc) is 3.02. The van der Waals surface area contributed by atoms with E-state index < -0.39 is 11.6 Å². The molecule has 1 unspecified atom stereocenters. The van der Waals surface area contributed by atoms with Crippen LogP contribution in [0.25, 0.3) is 0 Å². The minimum absolute atomic E-state index is 0.269. The summed E-state index contributed by atoms with van der Waals surface area (Å²) in [5.41, 5.74) is 15.4. The van der Waals surface area contributed by atoms with Gasteiger partial charge in [-0.1, -0.05) is 42.5 Å². The molecule has 0 spiro atoms. The van der Waals surface area contributed by atoms with E-state index >= 15 is 0 Å². The van der Waals surface area contributed by atoms with Crippen LogP contribution in [0.1, 0.15) is 34.3 Å². The lowest BCUT2D eigenvalue weighted by Gasteiger charge is -2.40. The summed E-state index contributed by atoms with van der Waals surface area (Å²) in [5, 5.41) is 6.04. The fourth-order valence-electron chi connectivity index (χ4n) is 5.87. The van der Waals surface area contributed by atoms with E-state index in [0.29, 0.717) is 36.6 Å². The second kappa shape index (κ2) is 13.7. The van der Waals surface area contributed by atoms with Crippen molar-refractivity contribution < 1.29 is 19.1 Å². The first-order chi connectivity index (χ1) is 20.5. The SMILES string of the molecule is NC(=O)NC(CCCN1CCOCC1)(c1ccc(C(=O)Nc2ccccc2N)cc1)c1ccccc1N1CCOCC1. The number of rotatable bonds is 10. The Labute approximate surface area is 246 Å². The smallest absolute Gasteiger partial charge is 0.313 e. The summed E-state index contributed by atoms with van der Waals surface area (Å²) in [6, 6.07) is 22.1. The Balaban J connectivity index is 1.50. The molecule has 10 nitrogen and oxygen atoms in total. The maximum atomic E-state index is 13.1. The van der Waals surface area contributed by atoms with Crippen LogP contribution in [0.15, 0.2) is 72.8 Å². The molecule has 0 bridgehead atoms. The topological polar surface area (TPSA) is 135 Å². The molecule has 2 aliphatic rings. The molecular weight excluding hydrogens is 532 g/mol. The van der Waals surface area contributed by atoms with Gasteiger partial charge in [0.1, 0.15) is 0 Å². The molecule has 2 fully saturated rings. The number of para-hydroxylation sites is 3. The number of anilines is 3. The quantitative estimate of drug-likeness (QED) is 0.274. The third kappa shape index (κ3) is 6.84. The molecule has 0 saturated carbocycles. The van der Waals surface area contributed by atoms with Crippen LogP contribution in [-0.2, 0) is 15.0 Å². The molecule has 0 aliphatic carbocycles. The standard InChI is InChI=1S/C32H40N6O4/c33-27-7-2-3-8-28(27)35-30(39)24-10-12-25(13-11-24)32(36-31(34)40,14-5-15-37-16-20-41-21-17-37)26-6-1-4-9-29(26)38-18-22-42-23-19-38/h1-4,6-13H,5,14-23,33H2,(H,35,39)(H3,34,36,40). The Morgan fingerprint density at radius 2 is 1.48 bits per heavy atom. The first-order valence-corrected chi connectivity index (χ1v) is 14.5. The van der Waals surface area contributed by atoms with Crippen molar-refractivity contribution in [2.45, 2.75) is 18.4 Å². The maximum Gasteiger partial charge on any atom is 0.313 e. The summed E-state index contributed by atoms with van der Waals surface area (Å²) in [7, 11) is 0. The molecule has 6 N–H and O–H groups in total. The number of primary amides is 1. The summed E-state index contributed by atoms with van der Waals surface area (Å²) in [4.78, 5) is 30.5. The molecule has 42 heavy (non-hydrogen) atoms. The largest absolute Gasteiger partial charge is 0.397 e. The number of morpholine rings is 2. The van der Waals surface area contributed by atoms with E-state index in [9.17, 15) is 9.59 Å². The summed E-state index contributed by atoms with van der Waals surface area (Å²) >= 11 is 0. The van der Waals surface area contributed by atoms with Crippen molar-refractivity contribution in [2.24, 2.45) is 5.73 Å². The lowest BCUT2D eigenvalue weighted by atomic mass is 9.77. The highest BCUT2D eigenvalue weighted by Crippen LogP contribution is 2.40. The number of nitrogen functional groups attached to an aromatic ring is 1. The predicted molar refractivity (Wildman–Crippen MR) is 165 cm³/mol. The molecule has 222 valence electrons. The summed E-state index contributed by atoms with van der Waals surface area (Å²) in [6.07, 6.45) is 1.42. The number of nitrogens with one attached hydrogen (secondary N) is 2. The number of benzene rings is 3. The highest BCUT2D eigenvalue weighted by Gasteiger charge is 2.38. The molecule has 2 saturated heterocycles. The van der Waals surface area contributed by atoms with Crippen LogP contribution in [-0.4, -0.2) is 76.0 Å². The number of nitrogens with zero attached hydrogens (tertiary/aromatic N) is 2. The van der Waals surface area contributed by atoms with Gasteiger partial charge in [-0.2, -0.15) is 0 Å². The molecule has 2 heterocycles. The average molecular weight is 573 g/mol. The molecule has 3 amide bonds. The minimum atomic E-state index is -0.925.